The molecule has 100 valence electrons. The lowest BCUT2D eigenvalue weighted by Gasteiger charge is -2.15. The lowest BCUT2D eigenvalue weighted by Crippen LogP contribution is -2.36. The number of carbonyl (C=O) groups is 1. The molecule has 2 amide bonds. The number of aliphatic hydroxyl groups excluding tert-OH is 2. The summed E-state index contributed by atoms with van der Waals surface area (Å²) in [6.07, 6.45) is -0.691. The molecule has 0 aliphatic carbocycles. The SMILES string of the molecule is CSC(C)c1cc(N2C(=O)N(C)C(O)C2O)on1. The highest BCUT2D eigenvalue weighted by Gasteiger charge is 2.44. The maximum atomic E-state index is 11.8. The average Bonchev–Trinajstić information content (AvgIpc) is 2.90. The van der Waals surface area contributed by atoms with Crippen LogP contribution >= 0.6 is 11.8 Å². The van der Waals surface area contributed by atoms with Crippen molar-refractivity contribution in [1.82, 2.24) is 10.1 Å². The summed E-state index contributed by atoms with van der Waals surface area (Å²) in [5.41, 5.74) is 0.682. The molecule has 18 heavy (non-hydrogen) atoms. The fraction of sp³-hybridized carbons (Fsp3) is 0.600. The van der Waals surface area contributed by atoms with Gasteiger partial charge in [-0.1, -0.05) is 5.16 Å². The number of aliphatic hydroxyl groups is 2. The Bertz CT molecular complexity index is 452. The summed E-state index contributed by atoms with van der Waals surface area (Å²) in [6, 6.07) is 1.06. The summed E-state index contributed by atoms with van der Waals surface area (Å²) in [6.45, 7) is 1.95. The molecule has 7 nitrogen and oxygen atoms in total. The summed E-state index contributed by atoms with van der Waals surface area (Å²) in [4.78, 5) is 13.8. The van der Waals surface area contributed by atoms with Crippen LogP contribution in [0.1, 0.15) is 17.9 Å². The molecule has 1 aliphatic rings. The number of nitrogens with zero attached hydrogens (tertiary/aromatic N) is 3. The second-order valence-electron chi connectivity index (χ2n) is 4.06. The highest BCUT2D eigenvalue weighted by molar-refractivity contribution is 7.98. The first-order chi connectivity index (χ1) is 8.47. The van der Waals surface area contributed by atoms with Gasteiger partial charge in [-0.3, -0.25) is 4.90 Å². The van der Waals surface area contributed by atoms with E-state index in [9.17, 15) is 15.0 Å². The maximum Gasteiger partial charge on any atom is 0.331 e. The van der Waals surface area contributed by atoms with E-state index in [1.165, 1.54) is 7.05 Å². The van der Waals surface area contributed by atoms with Crippen LogP contribution in [0.25, 0.3) is 0 Å². The summed E-state index contributed by atoms with van der Waals surface area (Å²) < 4.78 is 5.05. The number of likely N-dealkylation sites (N-methyl/N-ethyl adjacent to an activating group) is 1. The van der Waals surface area contributed by atoms with Crippen LogP contribution in [-0.4, -0.2) is 52.1 Å². The molecule has 2 N–H and O–H groups in total. The van der Waals surface area contributed by atoms with Crippen LogP contribution in [0.5, 0.6) is 0 Å². The minimum Gasteiger partial charge on any atom is -0.369 e. The summed E-state index contributed by atoms with van der Waals surface area (Å²) in [5, 5.41) is 23.3. The van der Waals surface area contributed by atoms with E-state index in [4.69, 9.17) is 4.52 Å². The number of rotatable bonds is 3. The van der Waals surface area contributed by atoms with Crippen molar-refractivity contribution in [2.24, 2.45) is 0 Å². The van der Waals surface area contributed by atoms with Gasteiger partial charge in [0.2, 0.25) is 5.88 Å². The van der Waals surface area contributed by atoms with Crippen LogP contribution in [0, 0.1) is 0 Å². The van der Waals surface area contributed by atoms with Crippen molar-refractivity contribution >= 4 is 23.7 Å². The summed E-state index contributed by atoms with van der Waals surface area (Å²) >= 11 is 1.59. The summed E-state index contributed by atoms with van der Waals surface area (Å²) in [7, 11) is 1.40. The van der Waals surface area contributed by atoms with Crippen LogP contribution in [-0.2, 0) is 0 Å². The van der Waals surface area contributed by atoms with Crippen molar-refractivity contribution < 1.29 is 19.5 Å². The van der Waals surface area contributed by atoms with E-state index in [-0.39, 0.29) is 11.1 Å². The Morgan fingerprint density at radius 2 is 2.17 bits per heavy atom. The Kier molecular flexibility index (Phi) is 3.51. The monoisotopic (exact) mass is 273 g/mol. The van der Waals surface area contributed by atoms with Gasteiger partial charge in [0.25, 0.3) is 0 Å². The third-order valence-corrected chi connectivity index (χ3v) is 3.91. The zero-order valence-electron chi connectivity index (χ0n) is 10.3. The zero-order chi connectivity index (χ0) is 13.4. The topological polar surface area (TPSA) is 90.0 Å². The van der Waals surface area contributed by atoms with Gasteiger partial charge < -0.3 is 14.7 Å². The smallest absolute Gasteiger partial charge is 0.331 e. The molecule has 1 aromatic heterocycles. The molecule has 1 saturated heterocycles. The highest BCUT2D eigenvalue weighted by atomic mass is 32.2. The minimum atomic E-state index is -1.35. The first kappa shape index (κ1) is 13.2. The van der Waals surface area contributed by atoms with E-state index in [0.717, 1.165) is 9.80 Å². The normalized spacial score (nSPS) is 25.9. The Labute approximate surface area is 108 Å². The standard InChI is InChI=1S/C10H15N3O4S/c1-5(18-3)6-4-7(17-11-6)13-9(15)8(14)12(2)10(13)16/h4-5,8-9,14-15H,1-3H3. The van der Waals surface area contributed by atoms with Crippen LogP contribution in [0.2, 0.25) is 0 Å². The van der Waals surface area contributed by atoms with E-state index in [2.05, 4.69) is 5.16 Å². The highest BCUT2D eigenvalue weighted by Crippen LogP contribution is 2.31. The molecule has 0 spiro atoms. The third-order valence-electron chi connectivity index (χ3n) is 2.96. The number of hydrogen-bond donors (Lipinski definition) is 2. The molecule has 0 aromatic carbocycles. The minimum absolute atomic E-state index is 0.125. The lowest BCUT2D eigenvalue weighted by molar-refractivity contribution is -0.0190. The van der Waals surface area contributed by atoms with Gasteiger partial charge in [0, 0.05) is 18.4 Å². The molecule has 0 bridgehead atoms. The molecule has 1 aliphatic heterocycles. The molecule has 2 rings (SSSR count). The number of amides is 2. The van der Waals surface area contributed by atoms with E-state index >= 15 is 0 Å². The van der Waals surface area contributed by atoms with Crippen molar-refractivity contribution in [3.8, 4) is 0 Å². The molecule has 3 unspecified atom stereocenters. The van der Waals surface area contributed by atoms with Gasteiger partial charge in [0.05, 0.1) is 5.69 Å². The van der Waals surface area contributed by atoms with Crippen LogP contribution < -0.4 is 4.90 Å². The average molecular weight is 273 g/mol. The van der Waals surface area contributed by atoms with Gasteiger partial charge >= 0.3 is 6.03 Å². The lowest BCUT2D eigenvalue weighted by atomic mass is 10.3. The van der Waals surface area contributed by atoms with Crippen LogP contribution in [0.15, 0.2) is 10.6 Å². The van der Waals surface area contributed by atoms with Crippen molar-refractivity contribution in [2.45, 2.75) is 24.6 Å². The first-order valence-electron chi connectivity index (χ1n) is 5.39. The second kappa shape index (κ2) is 4.79. The van der Waals surface area contributed by atoms with Gasteiger partial charge in [-0.05, 0) is 13.2 Å². The van der Waals surface area contributed by atoms with E-state index in [1.54, 1.807) is 17.8 Å². The van der Waals surface area contributed by atoms with E-state index < -0.39 is 18.5 Å². The molecule has 2 heterocycles. The fourth-order valence-corrected chi connectivity index (χ4v) is 2.01. The Hall–Kier alpha value is -1.25. The molecular weight excluding hydrogens is 258 g/mol. The molecule has 1 aromatic rings. The number of carbonyl (C=O) groups excluding carboxylic acids is 1. The quantitative estimate of drug-likeness (QED) is 0.838. The summed E-state index contributed by atoms with van der Waals surface area (Å²) in [5.74, 6) is 0.131. The molecular formula is C10H15N3O4S. The van der Waals surface area contributed by atoms with Gasteiger partial charge in [-0.25, -0.2) is 9.69 Å². The van der Waals surface area contributed by atoms with Crippen LogP contribution in [0.4, 0.5) is 10.7 Å². The number of aromatic nitrogens is 1. The van der Waals surface area contributed by atoms with Gasteiger partial charge in [-0.2, -0.15) is 11.8 Å². The van der Waals surface area contributed by atoms with Crippen LogP contribution in [0.3, 0.4) is 0 Å². The van der Waals surface area contributed by atoms with E-state index in [1.807, 2.05) is 13.2 Å². The van der Waals surface area contributed by atoms with Gasteiger partial charge in [0.15, 0.2) is 12.5 Å². The number of hydrogen-bond acceptors (Lipinski definition) is 6. The molecule has 1 fully saturated rings. The number of anilines is 1. The van der Waals surface area contributed by atoms with Gasteiger partial charge in [-0.15, -0.1) is 0 Å². The Morgan fingerprint density at radius 3 is 2.67 bits per heavy atom. The van der Waals surface area contributed by atoms with Gasteiger partial charge in [0.1, 0.15) is 0 Å². The Morgan fingerprint density at radius 1 is 1.50 bits per heavy atom. The van der Waals surface area contributed by atoms with Crippen molar-refractivity contribution in [1.29, 1.82) is 0 Å². The zero-order valence-corrected chi connectivity index (χ0v) is 11.1. The molecule has 0 saturated carbocycles. The predicted molar refractivity (Wildman–Crippen MR) is 66.1 cm³/mol. The second-order valence-corrected chi connectivity index (χ2v) is 5.24. The van der Waals surface area contributed by atoms with Crippen molar-refractivity contribution in [2.75, 3.05) is 18.2 Å². The third kappa shape index (κ3) is 1.96. The Balaban J connectivity index is 2.27. The van der Waals surface area contributed by atoms with Crippen molar-refractivity contribution in [3.05, 3.63) is 11.8 Å². The fourth-order valence-electron chi connectivity index (χ4n) is 1.66. The molecule has 0 radical (unpaired) electrons. The largest absolute Gasteiger partial charge is 0.369 e. The first-order valence-corrected chi connectivity index (χ1v) is 6.67. The maximum absolute atomic E-state index is 11.8. The van der Waals surface area contributed by atoms with Crippen molar-refractivity contribution in [3.63, 3.8) is 0 Å². The molecule has 3 atom stereocenters. The predicted octanol–water partition coefficient (Wildman–Crippen LogP) is 0.607. The number of urea groups is 1. The van der Waals surface area contributed by atoms with E-state index in [0.29, 0.717) is 5.69 Å². The molecule has 8 heteroatoms. The number of thioether (sulfide) groups is 1.